The zero-order valence-electron chi connectivity index (χ0n) is 14.9. The van der Waals surface area contributed by atoms with Crippen LogP contribution < -0.4 is 15.4 Å². The van der Waals surface area contributed by atoms with Crippen LogP contribution in [0.1, 0.15) is 24.9 Å². The molecule has 140 valence electrons. The lowest BCUT2D eigenvalue weighted by Gasteiger charge is -2.25. The van der Waals surface area contributed by atoms with Crippen LogP contribution in [0.2, 0.25) is 0 Å². The Labute approximate surface area is 156 Å². The van der Waals surface area contributed by atoms with Crippen molar-refractivity contribution in [2.45, 2.75) is 25.5 Å². The summed E-state index contributed by atoms with van der Waals surface area (Å²) in [6.45, 7) is 3.19. The Kier molecular flexibility index (Phi) is 4.88. The topological polar surface area (TPSA) is 101 Å². The fourth-order valence-electron chi connectivity index (χ4n) is 2.83. The van der Waals surface area contributed by atoms with Gasteiger partial charge in [-0.25, -0.2) is 9.78 Å². The van der Waals surface area contributed by atoms with E-state index in [1.165, 1.54) is 0 Å². The van der Waals surface area contributed by atoms with E-state index >= 15 is 0 Å². The number of rotatable bonds is 6. The summed E-state index contributed by atoms with van der Waals surface area (Å²) in [5.41, 5.74) is 1.77. The standard InChI is InChI=1S/C19H21N5O3/c1-12(13-5-3-2-4-6-13)21-19(25)22-17-9-16-15(10-20-17)18(24-23-16)27-11-14-7-8-26-14/h2-6,9-10,12,14H,7-8,11H2,1H3,(H,23,24)(H2,20,21,22,25)/t12-,14?/m1/s1. The molecule has 2 aromatic heterocycles. The number of nitrogens with one attached hydrogen (secondary N) is 3. The number of hydrogen-bond donors (Lipinski definition) is 3. The minimum atomic E-state index is -0.323. The molecule has 0 saturated carbocycles. The first-order chi connectivity index (χ1) is 13.2. The lowest BCUT2D eigenvalue weighted by Crippen LogP contribution is -2.32. The number of aromatic nitrogens is 3. The van der Waals surface area contributed by atoms with Gasteiger partial charge >= 0.3 is 6.03 Å². The average molecular weight is 367 g/mol. The van der Waals surface area contributed by atoms with Gasteiger partial charge in [0.15, 0.2) is 0 Å². The van der Waals surface area contributed by atoms with Crippen LogP contribution in [0.25, 0.3) is 10.9 Å². The quantitative estimate of drug-likeness (QED) is 0.622. The minimum Gasteiger partial charge on any atom is -0.473 e. The SMILES string of the molecule is C[C@@H](NC(=O)Nc1cc2[nH]nc(OCC3CCO3)c2cn1)c1ccccc1. The van der Waals surface area contributed by atoms with Gasteiger partial charge < -0.3 is 14.8 Å². The first-order valence-corrected chi connectivity index (χ1v) is 8.90. The molecule has 3 N–H and O–H groups in total. The van der Waals surface area contributed by atoms with Crippen molar-refractivity contribution in [2.75, 3.05) is 18.5 Å². The second kappa shape index (κ2) is 7.63. The van der Waals surface area contributed by atoms with Gasteiger partial charge in [-0.05, 0) is 12.5 Å². The maximum atomic E-state index is 12.2. The Balaban J connectivity index is 1.38. The third-order valence-electron chi connectivity index (χ3n) is 4.50. The monoisotopic (exact) mass is 367 g/mol. The van der Waals surface area contributed by atoms with Crippen LogP contribution in [-0.2, 0) is 4.74 Å². The van der Waals surface area contributed by atoms with Gasteiger partial charge in [-0.15, -0.1) is 5.10 Å². The van der Waals surface area contributed by atoms with Gasteiger partial charge in [0.05, 0.1) is 23.0 Å². The second-order valence-electron chi connectivity index (χ2n) is 6.47. The lowest BCUT2D eigenvalue weighted by molar-refractivity contribution is -0.0725. The maximum absolute atomic E-state index is 12.2. The zero-order chi connectivity index (χ0) is 18.6. The summed E-state index contributed by atoms with van der Waals surface area (Å²) in [6.07, 6.45) is 2.78. The predicted octanol–water partition coefficient (Wildman–Crippen LogP) is 3.01. The average Bonchev–Trinajstić information content (AvgIpc) is 3.03. The Morgan fingerprint density at radius 2 is 2.22 bits per heavy atom. The van der Waals surface area contributed by atoms with E-state index in [1.54, 1.807) is 12.3 Å². The summed E-state index contributed by atoms with van der Waals surface area (Å²) in [5, 5.41) is 13.5. The van der Waals surface area contributed by atoms with Crippen LogP contribution in [0.3, 0.4) is 0 Å². The highest BCUT2D eigenvalue weighted by atomic mass is 16.5. The molecule has 0 bridgehead atoms. The van der Waals surface area contributed by atoms with Crippen LogP contribution in [0.15, 0.2) is 42.6 Å². The molecular formula is C19H21N5O3. The molecule has 1 aliphatic heterocycles. The van der Waals surface area contributed by atoms with Crippen LogP contribution >= 0.6 is 0 Å². The summed E-state index contributed by atoms with van der Waals surface area (Å²) in [4.78, 5) is 16.5. The molecule has 1 saturated heterocycles. The van der Waals surface area contributed by atoms with Crippen molar-refractivity contribution in [1.29, 1.82) is 0 Å². The van der Waals surface area contributed by atoms with Crippen LogP contribution in [0.5, 0.6) is 5.88 Å². The van der Waals surface area contributed by atoms with Gasteiger partial charge in [-0.3, -0.25) is 10.4 Å². The highest BCUT2D eigenvalue weighted by molar-refractivity contribution is 5.92. The normalized spacial score (nSPS) is 17.1. The number of pyridine rings is 1. The smallest absolute Gasteiger partial charge is 0.320 e. The summed E-state index contributed by atoms with van der Waals surface area (Å²) in [5.74, 6) is 0.916. The molecule has 1 fully saturated rings. The number of carbonyl (C=O) groups excluding carboxylic acids is 1. The van der Waals surface area contributed by atoms with Crippen LogP contribution in [0, 0.1) is 0 Å². The number of H-pyrrole nitrogens is 1. The van der Waals surface area contributed by atoms with Crippen molar-refractivity contribution in [2.24, 2.45) is 0 Å². The van der Waals surface area contributed by atoms with Gasteiger partial charge in [-0.1, -0.05) is 30.3 Å². The Morgan fingerprint density at radius 3 is 2.96 bits per heavy atom. The number of hydrogen-bond acceptors (Lipinski definition) is 5. The van der Waals surface area contributed by atoms with Crippen molar-refractivity contribution >= 4 is 22.8 Å². The Bertz CT molecular complexity index is 923. The molecule has 27 heavy (non-hydrogen) atoms. The summed E-state index contributed by atoms with van der Waals surface area (Å²) < 4.78 is 11.0. The first-order valence-electron chi connectivity index (χ1n) is 8.90. The molecule has 3 aromatic rings. The van der Waals surface area contributed by atoms with E-state index in [2.05, 4.69) is 25.8 Å². The summed E-state index contributed by atoms with van der Waals surface area (Å²) in [6, 6.07) is 11.0. The molecule has 0 aliphatic carbocycles. The molecule has 1 aromatic carbocycles. The number of carbonyl (C=O) groups is 1. The molecule has 4 rings (SSSR count). The van der Waals surface area contributed by atoms with Gasteiger partial charge in [0.1, 0.15) is 12.4 Å². The Morgan fingerprint density at radius 1 is 1.41 bits per heavy atom. The predicted molar refractivity (Wildman–Crippen MR) is 101 cm³/mol. The molecule has 8 heteroatoms. The molecular weight excluding hydrogens is 346 g/mol. The third-order valence-corrected chi connectivity index (χ3v) is 4.50. The van der Waals surface area contributed by atoms with E-state index in [1.807, 2.05) is 37.3 Å². The largest absolute Gasteiger partial charge is 0.473 e. The lowest BCUT2D eigenvalue weighted by atomic mass is 10.1. The first kappa shape index (κ1) is 17.3. The molecule has 2 atom stereocenters. The van der Waals surface area contributed by atoms with E-state index in [4.69, 9.17) is 9.47 Å². The van der Waals surface area contributed by atoms with E-state index in [-0.39, 0.29) is 18.2 Å². The number of urea groups is 1. The fourth-order valence-corrected chi connectivity index (χ4v) is 2.83. The third kappa shape index (κ3) is 4.01. The highest BCUT2D eigenvalue weighted by Gasteiger charge is 2.20. The maximum Gasteiger partial charge on any atom is 0.320 e. The molecule has 0 radical (unpaired) electrons. The van der Waals surface area contributed by atoms with Gasteiger partial charge in [0.2, 0.25) is 5.88 Å². The second-order valence-corrected chi connectivity index (χ2v) is 6.47. The summed E-state index contributed by atoms with van der Waals surface area (Å²) in [7, 11) is 0. The van der Waals surface area contributed by atoms with Crippen molar-refractivity contribution in [1.82, 2.24) is 20.5 Å². The summed E-state index contributed by atoms with van der Waals surface area (Å²) >= 11 is 0. The Hall–Kier alpha value is -3.13. The van der Waals surface area contributed by atoms with Crippen LogP contribution in [-0.4, -0.2) is 40.5 Å². The van der Waals surface area contributed by atoms with E-state index in [9.17, 15) is 4.79 Å². The number of fused-ring (bicyclic) bond motifs is 1. The zero-order valence-corrected chi connectivity index (χ0v) is 14.9. The van der Waals surface area contributed by atoms with Crippen LogP contribution in [0.4, 0.5) is 10.6 Å². The van der Waals surface area contributed by atoms with Gasteiger partial charge in [0.25, 0.3) is 0 Å². The highest BCUT2D eigenvalue weighted by Crippen LogP contribution is 2.24. The van der Waals surface area contributed by atoms with Gasteiger partial charge in [0, 0.05) is 25.3 Å². The number of nitrogens with zero attached hydrogens (tertiary/aromatic N) is 2. The minimum absolute atomic E-state index is 0.115. The van der Waals surface area contributed by atoms with E-state index in [0.29, 0.717) is 18.3 Å². The number of ether oxygens (including phenoxy) is 2. The molecule has 8 nitrogen and oxygen atoms in total. The van der Waals surface area contributed by atoms with Crippen molar-refractivity contribution in [3.63, 3.8) is 0 Å². The molecule has 1 unspecified atom stereocenters. The molecule has 0 spiro atoms. The molecule has 1 aliphatic rings. The van der Waals surface area contributed by atoms with Gasteiger partial charge in [-0.2, -0.15) is 0 Å². The molecule has 3 heterocycles. The van der Waals surface area contributed by atoms with E-state index < -0.39 is 0 Å². The fraction of sp³-hybridized carbons (Fsp3) is 0.316. The molecule has 2 amide bonds. The van der Waals surface area contributed by atoms with Crippen molar-refractivity contribution < 1.29 is 14.3 Å². The van der Waals surface area contributed by atoms with Crippen molar-refractivity contribution in [3.8, 4) is 5.88 Å². The number of benzene rings is 1. The number of amides is 2. The van der Waals surface area contributed by atoms with Crippen molar-refractivity contribution in [3.05, 3.63) is 48.2 Å². The number of anilines is 1. The number of aromatic amines is 1. The van der Waals surface area contributed by atoms with E-state index in [0.717, 1.165) is 29.5 Å².